The number of carbonyl (C=O) groups excluding carboxylic acids is 2. The van der Waals surface area contributed by atoms with Gasteiger partial charge in [0.1, 0.15) is 11.9 Å². The second kappa shape index (κ2) is 6.37. The highest BCUT2D eigenvalue weighted by Gasteiger charge is 2.32. The average molecular weight is 349 g/mol. The Hall–Kier alpha value is -3.02. The van der Waals surface area contributed by atoms with Crippen molar-refractivity contribution >= 4 is 22.7 Å². The molecule has 4 rings (SSSR count). The molecule has 1 aromatic carbocycles. The fourth-order valence-corrected chi connectivity index (χ4v) is 3.69. The Balaban J connectivity index is 1.97. The highest BCUT2D eigenvalue weighted by molar-refractivity contribution is 5.99. The number of piperidine rings is 1. The standard InChI is InChI=1S/C20H19N3O3/c1-12-6-5-9-14-17(12)20(26)23(15-10-11-16(24)22-19(15)25)18(21-14)13-7-3-2-4-8-13/h2-7,9,13,15H,8,10-11H2,1H3,(H,22,24,25). The molecule has 1 fully saturated rings. The van der Waals surface area contributed by atoms with E-state index in [1.165, 1.54) is 4.57 Å². The van der Waals surface area contributed by atoms with Crippen LogP contribution in [0.3, 0.4) is 0 Å². The molecule has 132 valence electrons. The zero-order valence-corrected chi connectivity index (χ0v) is 14.4. The van der Waals surface area contributed by atoms with Crippen molar-refractivity contribution < 1.29 is 9.59 Å². The first kappa shape index (κ1) is 16.4. The van der Waals surface area contributed by atoms with Crippen LogP contribution in [0.5, 0.6) is 0 Å². The molecule has 26 heavy (non-hydrogen) atoms. The number of carbonyl (C=O) groups is 2. The van der Waals surface area contributed by atoms with Gasteiger partial charge in [0.2, 0.25) is 11.8 Å². The van der Waals surface area contributed by atoms with Gasteiger partial charge >= 0.3 is 0 Å². The van der Waals surface area contributed by atoms with Gasteiger partial charge in [-0.1, -0.05) is 36.4 Å². The summed E-state index contributed by atoms with van der Waals surface area (Å²) in [5.74, 6) is -0.243. The molecule has 0 spiro atoms. The number of nitrogens with zero attached hydrogens (tertiary/aromatic N) is 2. The van der Waals surface area contributed by atoms with Crippen LogP contribution in [0.15, 0.2) is 47.3 Å². The predicted molar refractivity (Wildman–Crippen MR) is 97.8 cm³/mol. The first-order valence-electron chi connectivity index (χ1n) is 8.75. The van der Waals surface area contributed by atoms with E-state index in [0.29, 0.717) is 29.6 Å². The van der Waals surface area contributed by atoms with Crippen LogP contribution in [0.25, 0.3) is 10.9 Å². The molecular formula is C20H19N3O3. The van der Waals surface area contributed by atoms with E-state index >= 15 is 0 Å². The Kier molecular flexibility index (Phi) is 4.03. The van der Waals surface area contributed by atoms with Gasteiger partial charge in [0.15, 0.2) is 0 Å². The molecule has 6 nitrogen and oxygen atoms in total. The minimum atomic E-state index is -0.717. The molecule has 0 bridgehead atoms. The normalized spacial score (nSPS) is 22.7. The monoisotopic (exact) mass is 349 g/mol. The van der Waals surface area contributed by atoms with E-state index in [2.05, 4.69) is 5.32 Å². The van der Waals surface area contributed by atoms with Crippen molar-refractivity contribution in [3.63, 3.8) is 0 Å². The first-order chi connectivity index (χ1) is 12.6. The lowest BCUT2D eigenvalue weighted by molar-refractivity contribution is -0.135. The van der Waals surface area contributed by atoms with Crippen molar-refractivity contribution in [2.75, 3.05) is 0 Å². The van der Waals surface area contributed by atoms with Crippen molar-refractivity contribution in [1.82, 2.24) is 14.9 Å². The van der Waals surface area contributed by atoms with Crippen molar-refractivity contribution in [2.45, 2.75) is 38.1 Å². The van der Waals surface area contributed by atoms with E-state index in [9.17, 15) is 14.4 Å². The van der Waals surface area contributed by atoms with Gasteiger partial charge < -0.3 is 0 Å². The maximum absolute atomic E-state index is 13.4. The summed E-state index contributed by atoms with van der Waals surface area (Å²) in [6.45, 7) is 1.86. The van der Waals surface area contributed by atoms with Gasteiger partial charge in [-0.15, -0.1) is 0 Å². The molecule has 2 unspecified atom stereocenters. The molecule has 2 aliphatic rings. The van der Waals surface area contributed by atoms with Gasteiger partial charge in [0.25, 0.3) is 5.56 Å². The van der Waals surface area contributed by atoms with E-state index in [1.54, 1.807) is 0 Å². The Labute approximate surface area is 150 Å². The zero-order chi connectivity index (χ0) is 18.3. The molecule has 2 aromatic rings. The fourth-order valence-electron chi connectivity index (χ4n) is 3.69. The Bertz CT molecular complexity index is 1030. The van der Waals surface area contributed by atoms with Gasteiger partial charge in [0.05, 0.1) is 10.9 Å². The third-order valence-electron chi connectivity index (χ3n) is 5.00. The summed E-state index contributed by atoms with van der Waals surface area (Å²) in [6, 6.07) is 4.85. The Morgan fingerprint density at radius 2 is 2.04 bits per heavy atom. The highest BCUT2D eigenvalue weighted by Crippen LogP contribution is 2.28. The van der Waals surface area contributed by atoms with E-state index in [-0.39, 0.29) is 23.8 Å². The largest absolute Gasteiger partial charge is 0.295 e. The number of benzene rings is 1. The summed E-state index contributed by atoms with van der Waals surface area (Å²) in [5.41, 5.74) is 1.24. The molecule has 1 aliphatic heterocycles. The number of rotatable bonds is 2. The predicted octanol–water partition coefficient (Wildman–Crippen LogP) is 2.28. The van der Waals surface area contributed by atoms with Crippen LogP contribution in [-0.2, 0) is 9.59 Å². The van der Waals surface area contributed by atoms with Crippen molar-refractivity contribution in [2.24, 2.45) is 0 Å². The van der Waals surface area contributed by atoms with Gasteiger partial charge in [-0.2, -0.15) is 0 Å². The number of hydrogen-bond acceptors (Lipinski definition) is 4. The minimum absolute atomic E-state index is 0.0805. The van der Waals surface area contributed by atoms with Crippen LogP contribution in [0.1, 0.15) is 42.6 Å². The number of amides is 2. The molecular weight excluding hydrogens is 330 g/mol. The summed E-state index contributed by atoms with van der Waals surface area (Å²) < 4.78 is 1.51. The maximum Gasteiger partial charge on any atom is 0.262 e. The number of aromatic nitrogens is 2. The topological polar surface area (TPSA) is 81.1 Å². The zero-order valence-electron chi connectivity index (χ0n) is 14.4. The molecule has 6 heteroatoms. The fraction of sp³-hybridized carbons (Fsp3) is 0.300. The van der Waals surface area contributed by atoms with E-state index in [0.717, 1.165) is 5.56 Å². The van der Waals surface area contributed by atoms with Gasteiger partial charge in [-0.3, -0.25) is 24.3 Å². The molecule has 1 aliphatic carbocycles. The Morgan fingerprint density at radius 3 is 2.77 bits per heavy atom. The summed E-state index contributed by atoms with van der Waals surface area (Å²) in [6.07, 6.45) is 9.13. The number of aryl methyl sites for hydroxylation is 1. The Morgan fingerprint density at radius 1 is 1.19 bits per heavy atom. The van der Waals surface area contributed by atoms with Crippen molar-refractivity contribution in [3.05, 3.63) is 64.2 Å². The molecule has 2 amide bonds. The number of allylic oxidation sites excluding steroid dienone is 4. The lowest BCUT2D eigenvalue weighted by Crippen LogP contribution is -2.45. The number of fused-ring (bicyclic) bond motifs is 1. The SMILES string of the molecule is Cc1cccc2nc(C3C=CC=CC3)n(C3CCC(=O)NC3=O)c(=O)c12. The third-order valence-corrected chi connectivity index (χ3v) is 5.00. The summed E-state index contributed by atoms with van der Waals surface area (Å²) in [7, 11) is 0. The number of imide groups is 1. The van der Waals surface area contributed by atoms with Gasteiger partial charge in [-0.25, -0.2) is 4.98 Å². The average Bonchev–Trinajstić information content (AvgIpc) is 2.63. The van der Waals surface area contributed by atoms with Crippen molar-refractivity contribution in [1.29, 1.82) is 0 Å². The van der Waals surface area contributed by atoms with Crippen LogP contribution in [0.2, 0.25) is 0 Å². The number of nitrogens with one attached hydrogen (secondary N) is 1. The summed E-state index contributed by atoms with van der Waals surface area (Å²) in [4.78, 5) is 42.1. The van der Waals surface area contributed by atoms with Crippen LogP contribution >= 0.6 is 0 Å². The van der Waals surface area contributed by atoms with E-state index in [1.807, 2.05) is 49.4 Å². The van der Waals surface area contributed by atoms with Crippen LogP contribution in [0.4, 0.5) is 0 Å². The van der Waals surface area contributed by atoms with Crippen LogP contribution < -0.4 is 10.9 Å². The van der Waals surface area contributed by atoms with Gasteiger partial charge in [0, 0.05) is 12.3 Å². The molecule has 1 aromatic heterocycles. The molecule has 2 atom stereocenters. The van der Waals surface area contributed by atoms with E-state index in [4.69, 9.17) is 4.98 Å². The highest BCUT2D eigenvalue weighted by atomic mass is 16.2. The van der Waals surface area contributed by atoms with Crippen molar-refractivity contribution in [3.8, 4) is 0 Å². The summed E-state index contributed by atoms with van der Waals surface area (Å²) in [5, 5.41) is 2.87. The smallest absolute Gasteiger partial charge is 0.262 e. The van der Waals surface area contributed by atoms with E-state index < -0.39 is 11.9 Å². The molecule has 1 saturated heterocycles. The lowest BCUT2D eigenvalue weighted by Gasteiger charge is -2.27. The molecule has 0 saturated carbocycles. The minimum Gasteiger partial charge on any atom is -0.295 e. The first-order valence-corrected chi connectivity index (χ1v) is 8.75. The molecule has 1 N–H and O–H groups in total. The third kappa shape index (κ3) is 2.67. The maximum atomic E-state index is 13.4. The van der Waals surface area contributed by atoms with Crippen LogP contribution in [0, 0.1) is 6.92 Å². The van der Waals surface area contributed by atoms with Gasteiger partial charge in [-0.05, 0) is 31.4 Å². The molecule has 0 radical (unpaired) electrons. The van der Waals surface area contributed by atoms with Crippen LogP contribution in [-0.4, -0.2) is 21.4 Å². The summed E-state index contributed by atoms with van der Waals surface area (Å²) >= 11 is 0. The lowest BCUT2D eigenvalue weighted by atomic mass is 9.97. The number of hydrogen-bond donors (Lipinski definition) is 1. The second-order valence-corrected chi connectivity index (χ2v) is 6.74. The second-order valence-electron chi connectivity index (χ2n) is 6.74. The quantitative estimate of drug-likeness (QED) is 0.844. The molecule has 2 heterocycles.